The van der Waals surface area contributed by atoms with E-state index >= 15 is 0 Å². The van der Waals surface area contributed by atoms with Gasteiger partial charge in [-0.1, -0.05) is 22.8 Å². The summed E-state index contributed by atoms with van der Waals surface area (Å²) in [6.07, 6.45) is 1.39. The van der Waals surface area contributed by atoms with E-state index in [9.17, 15) is 0 Å². The van der Waals surface area contributed by atoms with Crippen LogP contribution >= 0.6 is 11.6 Å². The third-order valence-corrected chi connectivity index (χ3v) is 4.12. The van der Waals surface area contributed by atoms with E-state index < -0.39 is 0 Å². The standard InChI is InChI=1S/C18H15ClN4O2/c1-11(24-14-5-3-4-13(19)9-14)18-21-17(22-25-18)12-6-7-15-16(8-12)23(2)10-20-15/h3-11H,1-2H3. The summed E-state index contributed by atoms with van der Waals surface area (Å²) in [5.41, 5.74) is 2.79. The second-order valence-corrected chi connectivity index (χ2v) is 6.17. The molecule has 0 aliphatic carbocycles. The fourth-order valence-corrected chi connectivity index (χ4v) is 2.76. The Kier molecular flexibility index (Phi) is 3.89. The van der Waals surface area contributed by atoms with Crippen molar-refractivity contribution in [2.45, 2.75) is 13.0 Å². The number of hydrogen-bond acceptors (Lipinski definition) is 5. The molecule has 0 aliphatic rings. The minimum atomic E-state index is -0.389. The molecule has 25 heavy (non-hydrogen) atoms. The van der Waals surface area contributed by atoms with Crippen LogP contribution < -0.4 is 4.74 Å². The van der Waals surface area contributed by atoms with E-state index in [1.54, 1.807) is 18.5 Å². The van der Waals surface area contributed by atoms with Crippen LogP contribution in [0.25, 0.3) is 22.4 Å². The topological polar surface area (TPSA) is 66.0 Å². The number of benzene rings is 2. The molecule has 1 atom stereocenters. The molecule has 0 amide bonds. The predicted octanol–water partition coefficient (Wildman–Crippen LogP) is 4.42. The Morgan fingerprint density at radius 3 is 2.92 bits per heavy atom. The maximum absolute atomic E-state index is 5.97. The van der Waals surface area contributed by atoms with Gasteiger partial charge in [0.1, 0.15) is 5.75 Å². The van der Waals surface area contributed by atoms with Crippen LogP contribution in [0.4, 0.5) is 0 Å². The summed E-state index contributed by atoms with van der Waals surface area (Å²) in [7, 11) is 1.95. The summed E-state index contributed by atoms with van der Waals surface area (Å²) in [6.45, 7) is 1.85. The van der Waals surface area contributed by atoms with Crippen molar-refractivity contribution >= 4 is 22.6 Å². The Labute approximate surface area is 149 Å². The molecule has 1 unspecified atom stereocenters. The summed E-state index contributed by atoms with van der Waals surface area (Å²) < 4.78 is 13.1. The van der Waals surface area contributed by atoms with E-state index in [1.165, 1.54) is 0 Å². The molecule has 0 N–H and O–H groups in total. The van der Waals surface area contributed by atoms with Gasteiger partial charge in [0.05, 0.1) is 17.4 Å². The molecule has 6 nitrogen and oxygen atoms in total. The highest BCUT2D eigenvalue weighted by atomic mass is 35.5. The molecule has 0 bridgehead atoms. The van der Waals surface area contributed by atoms with Gasteiger partial charge < -0.3 is 13.8 Å². The van der Waals surface area contributed by atoms with Crippen molar-refractivity contribution < 1.29 is 9.26 Å². The normalized spacial score (nSPS) is 12.4. The van der Waals surface area contributed by atoms with Crippen molar-refractivity contribution in [3.05, 3.63) is 59.7 Å². The van der Waals surface area contributed by atoms with E-state index in [0.29, 0.717) is 22.5 Å². The largest absolute Gasteiger partial charge is 0.481 e. The first-order chi connectivity index (χ1) is 12.1. The van der Waals surface area contributed by atoms with Crippen LogP contribution in [0.1, 0.15) is 18.9 Å². The van der Waals surface area contributed by atoms with Crippen molar-refractivity contribution in [2.75, 3.05) is 0 Å². The summed E-state index contributed by atoms with van der Waals surface area (Å²) in [6, 6.07) is 13.0. The van der Waals surface area contributed by atoms with Gasteiger partial charge in [-0.2, -0.15) is 4.98 Å². The Bertz CT molecular complexity index is 1040. The van der Waals surface area contributed by atoms with Gasteiger partial charge >= 0.3 is 0 Å². The summed E-state index contributed by atoms with van der Waals surface area (Å²) >= 11 is 5.97. The Morgan fingerprint density at radius 2 is 2.08 bits per heavy atom. The highest BCUT2D eigenvalue weighted by Gasteiger charge is 2.17. The number of rotatable bonds is 4. The SMILES string of the molecule is CC(Oc1cccc(Cl)c1)c1nc(-c2ccc3ncn(C)c3c2)no1. The molecule has 2 heterocycles. The predicted molar refractivity (Wildman–Crippen MR) is 94.5 cm³/mol. The van der Waals surface area contributed by atoms with Gasteiger partial charge in [0, 0.05) is 17.6 Å². The summed E-state index contributed by atoms with van der Waals surface area (Å²) in [5.74, 6) is 1.57. The first kappa shape index (κ1) is 15.7. The lowest BCUT2D eigenvalue weighted by Crippen LogP contribution is -2.03. The second kappa shape index (κ2) is 6.22. The quantitative estimate of drug-likeness (QED) is 0.543. The van der Waals surface area contributed by atoms with Crippen molar-refractivity contribution in [3.63, 3.8) is 0 Å². The van der Waals surface area contributed by atoms with Crippen molar-refractivity contribution in [1.82, 2.24) is 19.7 Å². The molecule has 0 saturated carbocycles. The molecule has 4 rings (SSSR count). The molecule has 4 aromatic rings. The lowest BCUT2D eigenvalue weighted by atomic mass is 10.2. The molecule has 2 aromatic heterocycles. The van der Waals surface area contributed by atoms with E-state index in [0.717, 1.165) is 16.6 Å². The highest BCUT2D eigenvalue weighted by molar-refractivity contribution is 6.30. The van der Waals surface area contributed by atoms with E-state index in [4.69, 9.17) is 20.9 Å². The number of fused-ring (bicyclic) bond motifs is 1. The fourth-order valence-electron chi connectivity index (χ4n) is 2.58. The first-order valence-electron chi connectivity index (χ1n) is 7.77. The van der Waals surface area contributed by atoms with Gasteiger partial charge in [-0.3, -0.25) is 0 Å². The van der Waals surface area contributed by atoms with Gasteiger partial charge in [0.25, 0.3) is 5.89 Å². The van der Waals surface area contributed by atoms with Crippen molar-refractivity contribution in [1.29, 1.82) is 0 Å². The van der Waals surface area contributed by atoms with Gasteiger partial charge in [-0.15, -0.1) is 0 Å². The number of ether oxygens (including phenoxy) is 1. The number of aromatic nitrogens is 4. The summed E-state index contributed by atoms with van der Waals surface area (Å²) in [4.78, 5) is 8.76. The second-order valence-electron chi connectivity index (χ2n) is 5.73. The van der Waals surface area contributed by atoms with Crippen LogP contribution in [0.2, 0.25) is 5.02 Å². The molecular weight excluding hydrogens is 340 g/mol. The zero-order valence-electron chi connectivity index (χ0n) is 13.7. The third kappa shape index (κ3) is 3.08. The highest BCUT2D eigenvalue weighted by Crippen LogP contribution is 2.26. The fraction of sp³-hybridized carbons (Fsp3) is 0.167. The lowest BCUT2D eigenvalue weighted by Gasteiger charge is -2.10. The van der Waals surface area contributed by atoms with E-state index in [2.05, 4.69) is 15.1 Å². The molecule has 2 aromatic carbocycles. The lowest BCUT2D eigenvalue weighted by molar-refractivity contribution is 0.176. The Hall–Kier alpha value is -2.86. The van der Waals surface area contributed by atoms with Gasteiger partial charge in [-0.05, 0) is 43.3 Å². The van der Waals surface area contributed by atoms with Crippen molar-refractivity contribution in [3.8, 4) is 17.1 Å². The van der Waals surface area contributed by atoms with Crippen LogP contribution in [-0.4, -0.2) is 19.7 Å². The number of aryl methyl sites for hydroxylation is 1. The number of hydrogen-bond donors (Lipinski definition) is 0. The van der Waals surface area contributed by atoms with Gasteiger partial charge in [0.2, 0.25) is 5.82 Å². The minimum Gasteiger partial charge on any atom is -0.481 e. The van der Waals surface area contributed by atoms with Crippen LogP contribution in [0.3, 0.4) is 0 Å². The maximum atomic E-state index is 5.97. The molecule has 0 saturated heterocycles. The van der Waals surface area contributed by atoms with Crippen LogP contribution in [0.15, 0.2) is 53.3 Å². The Morgan fingerprint density at radius 1 is 1.20 bits per heavy atom. The minimum absolute atomic E-state index is 0.389. The summed E-state index contributed by atoms with van der Waals surface area (Å²) in [5, 5.41) is 4.68. The molecule has 0 radical (unpaired) electrons. The Balaban J connectivity index is 1.59. The average molecular weight is 355 g/mol. The molecule has 0 aliphatic heterocycles. The number of halogens is 1. The average Bonchev–Trinajstić information content (AvgIpc) is 3.22. The van der Waals surface area contributed by atoms with Gasteiger partial charge in [-0.25, -0.2) is 4.98 Å². The smallest absolute Gasteiger partial charge is 0.267 e. The van der Waals surface area contributed by atoms with E-state index in [1.807, 2.05) is 48.9 Å². The maximum Gasteiger partial charge on any atom is 0.267 e. The molecular formula is C18H15ClN4O2. The first-order valence-corrected chi connectivity index (χ1v) is 8.15. The zero-order valence-corrected chi connectivity index (χ0v) is 14.4. The monoisotopic (exact) mass is 354 g/mol. The van der Waals surface area contributed by atoms with Crippen LogP contribution in [0.5, 0.6) is 5.75 Å². The number of imidazole rings is 1. The number of nitrogens with zero attached hydrogens (tertiary/aromatic N) is 4. The van der Waals surface area contributed by atoms with Crippen LogP contribution in [-0.2, 0) is 7.05 Å². The molecule has 0 spiro atoms. The van der Waals surface area contributed by atoms with Crippen LogP contribution in [0, 0.1) is 0 Å². The van der Waals surface area contributed by atoms with Crippen molar-refractivity contribution in [2.24, 2.45) is 7.05 Å². The van der Waals surface area contributed by atoms with Gasteiger partial charge in [0.15, 0.2) is 6.10 Å². The molecule has 0 fully saturated rings. The molecule has 126 valence electrons. The van der Waals surface area contributed by atoms with E-state index in [-0.39, 0.29) is 6.10 Å². The molecule has 7 heteroatoms. The third-order valence-electron chi connectivity index (χ3n) is 3.88. The zero-order chi connectivity index (χ0) is 17.4.